The fraction of sp³-hybridized carbons (Fsp3) is 0.278. The Morgan fingerprint density at radius 2 is 1.77 bits per heavy atom. The summed E-state index contributed by atoms with van der Waals surface area (Å²) in [7, 11) is 0. The highest BCUT2D eigenvalue weighted by atomic mass is 16.5. The standard InChI is InChI=1S/C18H20N2O2/c1-3-12-22-16-11-7-5-9-14(16)18(2)19-15-10-6-4-8-13(15)17(21)20-18/h4-11,19H,3,12H2,1-2H3,(H,20,21). The molecule has 0 saturated heterocycles. The van der Waals surface area contributed by atoms with Crippen LogP contribution in [0.5, 0.6) is 5.75 Å². The van der Waals surface area contributed by atoms with Crippen molar-refractivity contribution in [2.24, 2.45) is 0 Å². The molecule has 0 aromatic heterocycles. The normalized spacial score (nSPS) is 19.8. The van der Waals surface area contributed by atoms with Crippen molar-refractivity contribution >= 4 is 11.6 Å². The Balaban J connectivity index is 2.00. The quantitative estimate of drug-likeness (QED) is 0.908. The van der Waals surface area contributed by atoms with Crippen LogP contribution in [0.1, 0.15) is 36.2 Å². The van der Waals surface area contributed by atoms with Gasteiger partial charge in [0, 0.05) is 11.3 Å². The van der Waals surface area contributed by atoms with Crippen LogP contribution in [0.2, 0.25) is 0 Å². The van der Waals surface area contributed by atoms with Gasteiger partial charge in [0.1, 0.15) is 11.4 Å². The highest BCUT2D eigenvalue weighted by Crippen LogP contribution is 2.35. The summed E-state index contributed by atoms with van der Waals surface area (Å²) >= 11 is 0. The van der Waals surface area contributed by atoms with Crippen molar-refractivity contribution < 1.29 is 9.53 Å². The zero-order chi connectivity index (χ0) is 15.6. The molecule has 2 aromatic rings. The van der Waals surface area contributed by atoms with Crippen LogP contribution >= 0.6 is 0 Å². The van der Waals surface area contributed by atoms with Gasteiger partial charge in [-0.25, -0.2) is 0 Å². The third kappa shape index (κ3) is 2.52. The second-order valence-corrected chi connectivity index (χ2v) is 5.59. The van der Waals surface area contributed by atoms with Crippen LogP contribution in [0.15, 0.2) is 48.5 Å². The number of carbonyl (C=O) groups excluding carboxylic acids is 1. The van der Waals surface area contributed by atoms with Gasteiger partial charge < -0.3 is 15.4 Å². The molecule has 1 amide bonds. The summed E-state index contributed by atoms with van der Waals surface area (Å²) in [5.74, 6) is 0.709. The van der Waals surface area contributed by atoms with Gasteiger partial charge in [0.2, 0.25) is 0 Å². The van der Waals surface area contributed by atoms with Gasteiger partial charge in [-0.1, -0.05) is 37.3 Å². The SMILES string of the molecule is CCCOc1ccccc1C1(C)NC(=O)c2ccccc2N1. The minimum absolute atomic E-state index is 0.0813. The average molecular weight is 296 g/mol. The molecule has 4 heteroatoms. The molecule has 0 radical (unpaired) electrons. The Morgan fingerprint density at radius 1 is 1.05 bits per heavy atom. The summed E-state index contributed by atoms with van der Waals surface area (Å²) in [6.07, 6.45) is 0.938. The zero-order valence-electron chi connectivity index (χ0n) is 12.8. The average Bonchev–Trinajstić information content (AvgIpc) is 2.53. The predicted molar refractivity (Wildman–Crippen MR) is 87.1 cm³/mol. The lowest BCUT2D eigenvalue weighted by Gasteiger charge is -2.38. The molecule has 1 aliphatic rings. The number of fused-ring (bicyclic) bond motifs is 1. The first-order valence-electron chi connectivity index (χ1n) is 7.56. The highest BCUT2D eigenvalue weighted by molar-refractivity contribution is 6.02. The maximum absolute atomic E-state index is 12.4. The highest BCUT2D eigenvalue weighted by Gasteiger charge is 2.36. The summed E-state index contributed by atoms with van der Waals surface area (Å²) in [5.41, 5.74) is 1.72. The Labute approximate surface area is 130 Å². The van der Waals surface area contributed by atoms with Gasteiger partial charge in [-0.3, -0.25) is 4.79 Å². The van der Waals surface area contributed by atoms with E-state index in [1.54, 1.807) is 0 Å². The lowest BCUT2D eigenvalue weighted by molar-refractivity contribution is 0.0905. The van der Waals surface area contributed by atoms with Crippen molar-refractivity contribution in [3.63, 3.8) is 0 Å². The number of hydrogen-bond acceptors (Lipinski definition) is 3. The van der Waals surface area contributed by atoms with Crippen LogP contribution in [-0.2, 0) is 5.66 Å². The molecule has 2 aromatic carbocycles. The zero-order valence-corrected chi connectivity index (χ0v) is 12.8. The summed E-state index contributed by atoms with van der Waals surface area (Å²) in [5, 5.41) is 6.48. The molecule has 0 fully saturated rings. The number of carbonyl (C=O) groups is 1. The van der Waals surface area contributed by atoms with Crippen LogP contribution < -0.4 is 15.4 Å². The number of ether oxygens (including phenoxy) is 1. The fourth-order valence-electron chi connectivity index (χ4n) is 2.74. The predicted octanol–water partition coefficient (Wildman–Crippen LogP) is 3.50. The van der Waals surface area contributed by atoms with Crippen molar-refractivity contribution in [2.45, 2.75) is 25.9 Å². The smallest absolute Gasteiger partial charge is 0.255 e. The van der Waals surface area contributed by atoms with Crippen molar-refractivity contribution in [1.82, 2.24) is 5.32 Å². The van der Waals surface area contributed by atoms with E-state index in [0.29, 0.717) is 12.2 Å². The van der Waals surface area contributed by atoms with E-state index in [9.17, 15) is 4.79 Å². The third-order valence-electron chi connectivity index (χ3n) is 3.81. The number of nitrogens with one attached hydrogen (secondary N) is 2. The Kier molecular flexibility index (Phi) is 3.75. The molecule has 3 rings (SSSR count). The van der Waals surface area contributed by atoms with Gasteiger partial charge in [-0.05, 0) is 31.5 Å². The first kappa shape index (κ1) is 14.4. The van der Waals surface area contributed by atoms with E-state index < -0.39 is 5.66 Å². The number of amides is 1. The maximum Gasteiger partial charge on any atom is 0.255 e. The van der Waals surface area contributed by atoms with Gasteiger partial charge in [-0.2, -0.15) is 0 Å². The molecular formula is C18H20N2O2. The molecule has 114 valence electrons. The van der Waals surface area contributed by atoms with Crippen LogP contribution in [0, 0.1) is 0 Å². The van der Waals surface area contributed by atoms with Crippen molar-refractivity contribution in [1.29, 1.82) is 0 Å². The van der Waals surface area contributed by atoms with E-state index in [1.807, 2.05) is 55.5 Å². The van der Waals surface area contributed by atoms with Gasteiger partial charge in [-0.15, -0.1) is 0 Å². The first-order valence-corrected chi connectivity index (χ1v) is 7.56. The Hall–Kier alpha value is -2.49. The lowest BCUT2D eigenvalue weighted by atomic mass is 9.95. The third-order valence-corrected chi connectivity index (χ3v) is 3.81. The number of hydrogen-bond donors (Lipinski definition) is 2. The molecule has 1 unspecified atom stereocenters. The molecule has 4 nitrogen and oxygen atoms in total. The van der Waals surface area contributed by atoms with E-state index in [1.165, 1.54) is 0 Å². The van der Waals surface area contributed by atoms with E-state index in [4.69, 9.17) is 4.74 Å². The van der Waals surface area contributed by atoms with E-state index in [0.717, 1.165) is 23.4 Å². The summed E-state index contributed by atoms with van der Waals surface area (Å²) in [4.78, 5) is 12.4. The Bertz CT molecular complexity index is 699. The molecule has 1 aliphatic heterocycles. The van der Waals surface area contributed by atoms with Crippen LogP contribution in [0.4, 0.5) is 5.69 Å². The summed E-state index contributed by atoms with van der Waals surface area (Å²) in [6, 6.07) is 15.3. The summed E-state index contributed by atoms with van der Waals surface area (Å²) < 4.78 is 5.84. The maximum atomic E-state index is 12.4. The van der Waals surface area contributed by atoms with Gasteiger partial charge >= 0.3 is 0 Å². The van der Waals surface area contributed by atoms with Crippen molar-refractivity contribution in [2.75, 3.05) is 11.9 Å². The number of rotatable bonds is 4. The molecule has 22 heavy (non-hydrogen) atoms. The summed E-state index contributed by atoms with van der Waals surface area (Å²) in [6.45, 7) is 4.67. The van der Waals surface area contributed by atoms with E-state index in [2.05, 4.69) is 17.6 Å². The number of anilines is 1. The van der Waals surface area contributed by atoms with Crippen LogP contribution in [-0.4, -0.2) is 12.5 Å². The molecule has 2 N–H and O–H groups in total. The minimum atomic E-state index is -0.699. The molecule has 0 bridgehead atoms. The second kappa shape index (κ2) is 5.72. The molecule has 1 heterocycles. The molecule has 1 atom stereocenters. The fourth-order valence-corrected chi connectivity index (χ4v) is 2.74. The van der Waals surface area contributed by atoms with Crippen LogP contribution in [0.3, 0.4) is 0 Å². The molecular weight excluding hydrogens is 276 g/mol. The second-order valence-electron chi connectivity index (χ2n) is 5.59. The molecule has 0 aliphatic carbocycles. The van der Waals surface area contributed by atoms with Gasteiger partial charge in [0.05, 0.1) is 12.2 Å². The monoisotopic (exact) mass is 296 g/mol. The number of benzene rings is 2. The van der Waals surface area contributed by atoms with Gasteiger partial charge in [0.25, 0.3) is 5.91 Å². The Morgan fingerprint density at radius 3 is 2.59 bits per heavy atom. The van der Waals surface area contributed by atoms with Crippen molar-refractivity contribution in [3.05, 3.63) is 59.7 Å². The van der Waals surface area contributed by atoms with Crippen molar-refractivity contribution in [3.8, 4) is 5.75 Å². The van der Waals surface area contributed by atoms with E-state index >= 15 is 0 Å². The van der Waals surface area contributed by atoms with E-state index in [-0.39, 0.29) is 5.91 Å². The lowest BCUT2D eigenvalue weighted by Crippen LogP contribution is -2.53. The minimum Gasteiger partial charge on any atom is -0.493 e. The largest absolute Gasteiger partial charge is 0.493 e. The van der Waals surface area contributed by atoms with Crippen LogP contribution in [0.25, 0.3) is 0 Å². The number of para-hydroxylation sites is 2. The molecule has 0 saturated carbocycles. The first-order chi connectivity index (χ1) is 10.6. The molecule has 0 spiro atoms. The van der Waals surface area contributed by atoms with Gasteiger partial charge in [0.15, 0.2) is 0 Å². The topological polar surface area (TPSA) is 50.4 Å².